The van der Waals surface area contributed by atoms with E-state index in [0.717, 1.165) is 15.4 Å². The zero-order chi connectivity index (χ0) is 26.5. The number of benzene rings is 3. The minimum Gasteiger partial charge on any atom is -0.357 e. The highest BCUT2D eigenvalue weighted by molar-refractivity contribution is 7.92. The highest BCUT2D eigenvalue weighted by atomic mass is 35.5. The Kier molecular flexibility index (Phi) is 8.76. The van der Waals surface area contributed by atoms with Crippen molar-refractivity contribution >= 4 is 39.1 Å². The molecule has 1 atom stereocenters. The number of hydrogen-bond donors (Lipinski definition) is 1. The molecule has 0 unspecified atom stereocenters. The normalized spacial score (nSPS) is 12.0. The van der Waals surface area contributed by atoms with Crippen LogP contribution in [0.4, 0.5) is 5.69 Å². The van der Waals surface area contributed by atoms with E-state index in [-0.39, 0.29) is 17.3 Å². The van der Waals surface area contributed by atoms with Crippen molar-refractivity contribution in [1.82, 2.24) is 10.2 Å². The third-order valence-corrected chi connectivity index (χ3v) is 8.26. The maximum Gasteiger partial charge on any atom is 0.264 e. The van der Waals surface area contributed by atoms with Gasteiger partial charge in [0.2, 0.25) is 11.8 Å². The maximum absolute atomic E-state index is 13.7. The molecule has 0 bridgehead atoms. The number of halogens is 1. The molecule has 9 heteroatoms. The number of amides is 2. The lowest BCUT2D eigenvalue weighted by Gasteiger charge is -2.32. The van der Waals surface area contributed by atoms with Crippen LogP contribution in [0.25, 0.3) is 0 Å². The summed E-state index contributed by atoms with van der Waals surface area (Å²) in [6, 6.07) is 19.4. The summed E-state index contributed by atoms with van der Waals surface area (Å²) in [5.41, 5.74) is 2.89. The van der Waals surface area contributed by atoms with Crippen LogP contribution in [-0.2, 0) is 26.2 Å². The van der Waals surface area contributed by atoms with Gasteiger partial charge >= 0.3 is 0 Å². The van der Waals surface area contributed by atoms with Gasteiger partial charge < -0.3 is 10.2 Å². The average molecular weight is 528 g/mol. The molecule has 0 aliphatic heterocycles. The number of anilines is 1. The number of carbonyl (C=O) groups excluding carboxylic acids is 2. The van der Waals surface area contributed by atoms with E-state index in [1.807, 2.05) is 19.9 Å². The number of rotatable bonds is 9. The number of carbonyl (C=O) groups is 2. The summed E-state index contributed by atoms with van der Waals surface area (Å²) >= 11 is 6.33. The monoisotopic (exact) mass is 527 g/mol. The minimum absolute atomic E-state index is 0.0409. The molecule has 36 heavy (non-hydrogen) atoms. The number of likely N-dealkylation sites (N-methyl/N-ethyl adjacent to an activating group) is 1. The number of nitrogens with zero attached hydrogens (tertiary/aromatic N) is 2. The van der Waals surface area contributed by atoms with E-state index in [0.29, 0.717) is 16.3 Å². The van der Waals surface area contributed by atoms with Crippen LogP contribution in [0.15, 0.2) is 77.7 Å². The molecule has 0 heterocycles. The summed E-state index contributed by atoms with van der Waals surface area (Å²) in [5, 5.41) is 3.00. The van der Waals surface area contributed by atoms with Crippen LogP contribution < -0.4 is 9.62 Å². The molecule has 0 fully saturated rings. The standard InChI is InChI=1S/C27H30ClN3O4S/c1-19-14-15-23(16-20(19)2)31(36(34,35)24-11-6-5-7-12-24)18-26(32)30(21(3)27(33)29-4)17-22-10-8-9-13-25(22)28/h5-16,21H,17-18H2,1-4H3,(H,29,33)/t21-/m0/s1. The summed E-state index contributed by atoms with van der Waals surface area (Å²) in [6.07, 6.45) is 0. The Bertz CT molecular complexity index is 1350. The first-order valence-electron chi connectivity index (χ1n) is 11.5. The molecule has 190 valence electrons. The molecular weight excluding hydrogens is 498 g/mol. The van der Waals surface area contributed by atoms with Gasteiger partial charge in [0.05, 0.1) is 10.6 Å². The summed E-state index contributed by atoms with van der Waals surface area (Å²) in [7, 11) is -2.60. The topological polar surface area (TPSA) is 86.8 Å². The van der Waals surface area contributed by atoms with E-state index >= 15 is 0 Å². The molecule has 2 amide bonds. The van der Waals surface area contributed by atoms with Crippen molar-refractivity contribution in [2.45, 2.75) is 38.3 Å². The lowest BCUT2D eigenvalue weighted by Crippen LogP contribution is -2.50. The second-order valence-corrected chi connectivity index (χ2v) is 10.8. The largest absolute Gasteiger partial charge is 0.357 e. The Morgan fingerprint density at radius 1 is 0.944 bits per heavy atom. The molecule has 0 saturated carbocycles. The van der Waals surface area contributed by atoms with Crippen LogP contribution >= 0.6 is 11.6 Å². The van der Waals surface area contributed by atoms with Crippen molar-refractivity contribution in [2.75, 3.05) is 17.9 Å². The van der Waals surface area contributed by atoms with E-state index < -0.39 is 28.5 Å². The van der Waals surface area contributed by atoms with Crippen LogP contribution in [0.3, 0.4) is 0 Å². The SMILES string of the molecule is CNC(=O)[C@H](C)N(Cc1ccccc1Cl)C(=O)CN(c1ccc(C)c(C)c1)S(=O)(=O)c1ccccc1. The third kappa shape index (κ3) is 6.06. The predicted molar refractivity (Wildman–Crippen MR) is 142 cm³/mol. The first kappa shape index (κ1) is 27.2. The second-order valence-electron chi connectivity index (χ2n) is 8.50. The van der Waals surface area contributed by atoms with E-state index in [1.165, 1.54) is 24.1 Å². The molecule has 0 aliphatic rings. The van der Waals surface area contributed by atoms with Gasteiger partial charge in [0.1, 0.15) is 12.6 Å². The molecule has 1 N–H and O–H groups in total. The number of nitrogens with one attached hydrogen (secondary N) is 1. The highest BCUT2D eigenvalue weighted by Crippen LogP contribution is 2.27. The fraction of sp³-hybridized carbons (Fsp3) is 0.259. The molecule has 0 aromatic heterocycles. The van der Waals surface area contributed by atoms with Crippen molar-refractivity contribution in [1.29, 1.82) is 0 Å². The minimum atomic E-state index is -4.09. The maximum atomic E-state index is 13.7. The summed E-state index contributed by atoms with van der Waals surface area (Å²) in [6.45, 7) is 4.95. The van der Waals surface area contributed by atoms with Crippen LogP contribution in [0.2, 0.25) is 5.02 Å². The van der Waals surface area contributed by atoms with Gasteiger partial charge in [0.25, 0.3) is 10.0 Å². The Morgan fingerprint density at radius 2 is 1.58 bits per heavy atom. The molecule has 7 nitrogen and oxygen atoms in total. The van der Waals surface area contributed by atoms with Gasteiger partial charge in [-0.2, -0.15) is 0 Å². The van der Waals surface area contributed by atoms with Crippen LogP contribution in [0.1, 0.15) is 23.6 Å². The average Bonchev–Trinajstić information content (AvgIpc) is 2.87. The van der Waals surface area contributed by atoms with Crippen molar-refractivity contribution in [3.05, 3.63) is 94.5 Å². The van der Waals surface area contributed by atoms with Crippen LogP contribution in [-0.4, -0.2) is 44.8 Å². The Balaban J connectivity index is 2.06. The van der Waals surface area contributed by atoms with Gasteiger partial charge in [-0.3, -0.25) is 13.9 Å². The van der Waals surface area contributed by atoms with Gasteiger partial charge in [-0.05, 0) is 67.8 Å². The van der Waals surface area contributed by atoms with Crippen LogP contribution in [0, 0.1) is 13.8 Å². The zero-order valence-corrected chi connectivity index (χ0v) is 22.3. The molecule has 3 rings (SSSR count). The van der Waals surface area contributed by atoms with E-state index in [4.69, 9.17) is 11.6 Å². The van der Waals surface area contributed by atoms with Crippen molar-refractivity contribution < 1.29 is 18.0 Å². The summed E-state index contributed by atoms with van der Waals surface area (Å²) in [5.74, 6) is -0.914. The Labute approximate surface area is 217 Å². The zero-order valence-electron chi connectivity index (χ0n) is 20.7. The molecule has 0 spiro atoms. The van der Waals surface area contributed by atoms with E-state index in [2.05, 4.69) is 5.32 Å². The van der Waals surface area contributed by atoms with Crippen LogP contribution in [0.5, 0.6) is 0 Å². The number of hydrogen-bond acceptors (Lipinski definition) is 4. The first-order chi connectivity index (χ1) is 17.1. The van der Waals surface area contributed by atoms with Gasteiger partial charge in [0.15, 0.2) is 0 Å². The van der Waals surface area contributed by atoms with Crippen molar-refractivity contribution in [3.8, 4) is 0 Å². The number of sulfonamides is 1. The first-order valence-corrected chi connectivity index (χ1v) is 13.3. The molecule has 0 aliphatic carbocycles. The summed E-state index contributed by atoms with van der Waals surface area (Å²) < 4.78 is 28.5. The quantitative estimate of drug-likeness (QED) is 0.449. The Morgan fingerprint density at radius 3 is 2.19 bits per heavy atom. The van der Waals surface area contributed by atoms with Gasteiger partial charge in [-0.15, -0.1) is 0 Å². The predicted octanol–water partition coefficient (Wildman–Crippen LogP) is 4.32. The van der Waals surface area contributed by atoms with Gasteiger partial charge in [-0.1, -0.05) is 54.1 Å². The molecule has 0 radical (unpaired) electrons. The Hall–Kier alpha value is -3.36. The molecular formula is C27H30ClN3O4S. The number of aryl methyl sites for hydroxylation is 2. The smallest absolute Gasteiger partial charge is 0.264 e. The van der Waals surface area contributed by atoms with Crippen molar-refractivity contribution in [2.24, 2.45) is 0 Å². The van der Waals surface area contributed by atoms with Crippen molar-refractivity contribution in [3.63, 3.8) is 0 Å². The highest BCUT2D eigenvalue weighted by Gasteiger charge is 2.32. The van der Waals surface area contributed by atoms with Gasteiger partial charge in [0, 0.05) is 18.6 Å². The molecule has 3 aromatic carbocycles. The van der Waals surface area contributed by atoms with E-state index in [9.17, 15) is 18.0 Å². The second kappa shape index (κ2) is 11.6. The lowest BCUT2D eigenvalue weighted by molar-refractivity contribution is -0.139. The lowest BCUT2D eigenvalue weighted by atomic mass is 10.1. The third-order valence-electron chi connectivity index (χ3n) is 6.10. The molecule has 3 aromatic rings. The van der Waals surface area contributed by atoms with E-state index in [1.54, 1.807) is 61.5 Å². The molecule has 0 saturated heterocycles. The fourth-order valence-corrected chi connectivity index (χ4v) is 5.35. The van der Waals surface area contributed by atoms with Gasteiger partial charge in [-0.25, -0.2) is 8.42 Å². The summed E-state index contributed by atoms with van der Waals surface area (Å²) in [4.78, 5) is 27.7. The fourth-order valence-electron chi connectivity index (χ4n) is 3.73.